The van der Waals surface area contributed by atoms with E-state index in [4.69, 9.17) is 21.3 Å². The van der Waals surface area contributed by atoms with Crippen LogP contribution < -0.4 is 20.7 Å². The van der Waals surface area contributed by atoms with E-state index in [9.17, 15) is 14.0 Å². The van der Waals surface area contributed by atoms with Crippen molar-refractivity contribution in [3.8, 4) is 5.88 Å². The molecule has 1 fully saturated rings. The Bertz CT molecular complexity index is 1790. The van der Waals surface area contributed by atoms with Crippen LogP contribution in [0.2, 0.25) is 0 Å². The third-order valence-electron chi connectivity index (χ3n) is 8.86. The lowest BCUT2D eigenvalue weighted by atomic mass is 9.98. The minimum absolute atomic E-state index is 0.0296. The maximum Gasteiger partial charge on any atom is 0.237 e. The van der Waals surface area contributed by atoms with E-state index in [1.165, 1.54) is 31.2 Å². The van der Waals surface area contributed by atoms with Gasteiger partial charge in [0.15, 0.2) is 11.7 Å². The molecule has 3 aromatic rings. The molecule has 0 radical (unpaired) electrons. The first-order valence-electron chi connectivity index (χ1n) is 16.2. The van der Waals surface area contributed by atoms with Crippen molar-refractivity contribution in [2.75, 3.05) is 64.1 Å². The molecule has 1 atom stereocenters. The van der Waals surface area contributed by atoms with Crippen molar-refractivity contribution in [2.45, 2.75) is 19.8 Å². The second kappa shape index (κ2) is 15.6. The first-order valence-corrected chi connectivity index (χ1v) is 16.2. The number of benzene rings is 2. The third kappa shape index (κ3) is 8.00. The molecule has 0 bridgehead atoms. The lowest BCUT2D eigenvalue weighted by molar-refractivity contribution is -0.132. The molecular formula is C36H42FN9O3. The number of aromatic nitrogens is 1. The summed E-state index contributed by atoms with van der Waals surface area (Å²) in [7, 11) is 3.14. The Hall–Kier alpha value is -5.43. The van der Waals surface area contributed by atoms with E-state index in [1.807, 2.05) is 41.0 Å². The molecule has 0 saturated carbocycles. The Balaban J connectivity index is 1.18. The summed E-state index contributed by atoms with van der Waals surface area (Å²) in [6.45, 7) is 4.72. The lowest BCUT2D eigenvalue weighted by Crippen LogP contribution is -2.42. The second-order valence-electron chi connectivity index (χ2n) is 11.9. The Morgan fingerprint density at radius 2 is 1.94 bits per heavy atom. The molecule has 0 unspecified atom stereocenters. The summed E-state index contributed by atoms with van der Waals surface area (Å²) in [6, 6.07) is 15.2. The molecular weight excluding hydrogens is 625 g/mol. The van der Waals surface area contributed by atoms with Crippen molar-refractivity contribution in [1.82, 2.24) is 20.1 Å². The number of nitrogen functional groups attached to an aromatic ring is 1. The number of ether oxygens (including phenoxy) is 1. The van der Waals surface area contributed by atoms with Gasteiger partial charge in [0.1, 0.15) is 5.69 Å². The molecule has 256 valence electrons. The first kappa shape index (κ1) is 34.9. The van der Waals surface area contributed by atoms with Crippen LogP contribution in [0.25, 0.3) is 5.57 Å². The number of rotatable bonds is 11. The van der Waals surface area contributed by atoms with Crippen molar-refractivity contribution < 1.29 is 18.7 Å². The van der Waals surface area contributed by atoms with Gasteiger partial charge in [-0.05, 0) is 61.7 Å². The van der Waals surface area contributed by atoms with Gasteiger partial charge in [-0.3, -0.25) is 25.3 Å². The number of halogens is 1. The number of anilines is 2. The number of pyridine rings is 1. The zero-order valence-corrected chi connectivity index (χ0v) is 28.0. The van der Waals surface area contributed by atoms with Gasteiger partial charge in [0.2, 0.25) is 17.7 Å². The van der Waals surface area contributed by atoms with E-state index in [0.717, 1.165) is 17.5 Å². The summed E-state index contributed by atoms with van der Waals surface area (Å²) >= 11 is 0. The molecule has 5 rings (SSSR count). The fourth-order valence-electron chi connectivity index (χ4n) is 6.13. The normalized spacial score (nSPS) is 16.4. The van der Waals surface area contributed by atoms with Crippen LogP contribution in [-0.2, 0) is 9.59 Å². The minimum Gasteiger partial charge on any atom is -0.481 e. The molecule has 3 heterocycles. The fourth-order valence-corrected chi connectivity index (χ4v) is 6.13. The molecule has 1 saturated heterocycles. The molecule has 5 N–H and O–H groups in total. The van der Waals surface area contributed by atoms with Crippen molar-refractivity contribution in [1.29, 1.82) is 10.8 Å². The summed E-state index contributed by atoms with van der Waals surface area (Å²) < 4.78 is 19.7. The Morgan fingerprint density at radius 3 is 2.61 bits per heavy atom. The molecule has 2 aliphatic rings. The highest BCUT2D eigenvalue weighted by Crippen LogP contribution is 2.28. The molecule has 1 aromatic heterocycles. The van der Waals surface area contributed by atoms with Gasteiger partial charge in [-0.15, -0.1) is 0 Å². The standard InChI is InChI=1S/C36H42FN9O3/c1-4-46(27-9-11-30(38)28(19-27)33(39)34-29(37)10-12-31(43-34)49-3)36(48)26-13-16-44(20-26)21-32(47)45-17-14-24(15-18-45)23-5-7-25(8-6-23)35(40)42-22-41-2/h5-12,14,19,22,26,39H,4,13,15-18,20-21,38H2,1-3H3,(H2,40,41,42)/t26-/m1/s1. The number of nitrogens with two attached hydrogens (primary N) is 1. The molecule has 13 heteroatoms. The number of amidine groups is 1. The minimum atomic E-state index is -0.680. The maximum atomic E-state index is 14.6. The largest absolute Gasteiger partial charge is 0.481 e. The smallest absolute Gasteiger partial charge is 0.237 e. The maximum absolute atomic E-state index is 14.6. The van der Waals surface area contributed by atoms with E-state index in [0.29, 0.717) is 44.8 Å². The first-order chi connectivity index (χ1) is 23.6. The summed E-state index contributed by atoms with van der Waals surface area (Å²) in [4.78, 5) is 40.7. The highest BCUT2D eigenvalue weighted by Gasteiger charge is 2.33. The van der Waals surface area contributed by atoms with E-state index < -0.39 is 5.82 Å². The molecule has 0 spiro atoms. The van der Waals surface area contributed by atoms with Gasteiger partial charge in [-0.1, -0.05) is 30.3 Å². The van der Waals surface area contributed by atoms with Gasteiger partial charge < -0.3 is 25.6 Å². The molecule has 49 heavy (non-hydrogen) atoms. The predicted octanol–water partition coefficient (Wildman–Crippen LogP) is 3.79. The second-order valence-corrected chi connectivity index (χ2v) is 11.9. The number of nitrogens with one attached hydrogen (secondary N) is 3. The van der Waals surface area contributed by atoms with Crippen molar-refractivity contribution in [3.63, 3.8) is 0 Å². The van der Waals surface area contributed by atoms with E-state index in [2.05, 4.69) is 21.4 Å². The molecule has 0 aliphatic carbocycles. The number of hydrogen-bond acceptors (Lipinski definition) is 8. The predicted molar refractivity (Wildman–Crippen MR) is 190 cm³/mol. The third-order valence-corrected chi connectivity index (χ3v) is 8.86. The summed E-state index contributed by atoms with van der Waals surface area (Å²) in [5, 5.41) is 19.5. The highest BCUT2D eigenvalue weighted by atomic mass is 19.1. The van der Waals surface area contributed by atoms with Crippen LogP contribution in [0.4, 0.5) is 15.8 Å². The van der Waals surface area contributed by atoms with E-state index in [1.54, 1.807) is 30.1 Å². The fraction of sp³-hybridized carbons (Fsp3) is 0.333. The Kier molecular flexibility index (Phi) is 11.1. The summed E-state index contributed by atoms with van der Waals surface area (Å²) in [5.74, 6) is -0.676. The van der Waals surface area contributed by atoms with Crippen LogP contribution in [0.3, 0.4) is 0 Å². The number of hydrogen-bond donors (Lipinski definition) is 4. The molecule has 2 aromatic carbocycles. The SMILES string of the molecule is CCN(C(=O)[C@@H]1CCN(CC(=O)N2CC=C(c3ccc(C(=N)/N=C\NC)cc3)CC2)C1)c1ccc(N)c(C(=N)c2nc(OC)ccc2F)c1. The number of methoxy groups -OCH3 is 1. The zero-order valence-electron chi connectivity index (χ0n) is 28.0. The number of amides is 2. The number of likely N-dealkylation sites (tertiary alicyclic amines) is 1. The zero-order chi connectivity index (χ0) is 35.1. The van der Waals surface area contributed by atoms with Gasteiger partial charge >= 0.3 is 0 Å². The van der Waals surface area contributed by atoms with Crippen LogP contribution >= 0.6 is 0 Å². The Labute approximate surface area is 285 Å². The Morgan fingerprint density at radius 1 is 1.16 bits per heavy atom. The number of aliphatic imine (C=N–C) groups is 1. The van der Waals surface area contributed by atoms with Crippen LogP contribution in [0.1, 0.15) is 42.1 Å². The lowest BCUT2D eigenvalue weighted by Gasteiger charge is -2.29. The average Bonchev–Trinajstić information content (AvgIpc) is 3.60. The number of carbonyl (C=O) groups is 2. The molecule has 2 amide bonds. The van der Waals surface area contributed by atoms with Crippen LogP contribution in [-0.4, -0.2) is 97.9 Å². The number of nitrogens with zero attached hydrogens (tertiary/aromatic N) is 5. The van der Waals surface area contributed by atoms with Gasteiger partial charge in [0.25, 0.3) is 0 Å². The van der Waals surface area contributed by atoms with Crippen molar-refractivity contribution in [3.05, 3.63) is 88.9 Å². The van der Waals surface area contributed by atoms with Crippen molar-refractivity contribution in [2.24, 2.45) is 10.9 Å². The quantitative estimate of drug-likeness (QED) is 0.137. The van der Waals surface area contributed by atoms with Crippen LogP contribution in [0.5, 0.6) is 5.88 Å². The van der Waals surface area contributed by atoms with Gasteiger partial charge in [-0.25, -0.2) is 14.4 Å². The van der Waals surface area contributed by atoms with Gasteiger partial charge in [-0.2, -0.15) is 0 Å². The molecule has 2 aliphatic heterocycles. The average molecular weight is 668 g/mol. The topological polar surface area (TPSA) is 164 Å². The van der Waals surface area contributed by atoms with Crippen molar-refractivity contribution >= 4 is 46.6 Å². The molecule has 12 nitrogen and oxygen atoms in total. The monoisotopic (exact) mass is 667 g/mol. The van der Waals surface area contributed by atoms with Crippen LogP contribution in [0.15, 0.2) is 65.7 Å². The van der Waals surface area contributed by atoms with Gasteiger partial charge in [0, 0.05) is 61.8 Å². The summed E-state index contributed by atoms with van der Waals surface area (Å²) in [5.41, 5.74) is 9.81. The summed E-state index contributed by atoms with van der Waals surface area (Å²) in [6.07, 6.45) is 4.91. The number of carbonyl (C=O) groups excluding carboxylic acids is 2. The van der Waals surface area contributed by atoms with Gasteiger partial charge in [0.05, 0.1) is 31.6 Å². The van der Waals surface area contributed by atoms with E-state index in [-0.39, 0.29) is 58.6 Å². The van der Waals surface area contributed by atoms with Crippen LogP contribution in [0, 0.1) is 22.6 Å². The van der Waals surface area contributed by atoms with E-state index >= 15 is 0 Å². The highest BCUT2D eigenvalue weighted by molar-refractivity contribution is 6.14.